The van der Waals surface area contributed by atoms with E-state index < -0.39 is 5.41 Å². The molecule has 0 aliphatic rings. The fourth-order valence-corrected chi connectivity index (χ4v) is 2.51. The van der Waals surface area contributed by atoms with Crippen LogP contribution in [0.3, 0.4) is 0 Å². The van der Waals surface area contributed by atoms with Crippen LogP contribution in [0.1, 0.15) is 6.92 Å². The highest BCUT2D eigenvalue weighted by Crippen LogP contribution is 2.18. The lowest BCUT2D eigenvalue weighted by atomic mass is 9.94. The molecular weight excluding hydrogens is 480 g/mol. The Balaban J connectivity index is 4.03. The van der Waals surface area contributed by atoms with Crippen molar-refractivity contribution in [2.24, 2.45) is 15.6 Å². The van der Waals surface area contributed by atoms with Crippen LogP contribution < -0.4 is 0 Å². The van der Waals surface area contributed by atoms with Gasteiger partial charge in [0.05, 0.1) is 99.1 Å². The Morgan fingerprint density at radius 2 is 0.917 bits per heavy atom. The fraction of sp³-hybridized carbons (Fsp3) is 0.952. The molecule has 0 amide bonds. The van der Waals surface area contributed by atoms with Gasteiger partial charge < -0.3 is 42.7 Å². The summed E-state index contributed by atoms with van der Waals surface area (Å²) in [6.07, 6.45) is 0.695. The average molecular weight is 521 g/mol. The fourth-order valence-electron chi connectivity index (χ4n) is 2.51. The molecule has 0 bridgehead atoms. The second kappa shape index (κ2) is 27.6. The van der Waals surface area contributed by atoms with Crippen LogP contribution in [0, 0.1) is 5.41 Å². The van der Waals surface area contributed by atoms with Crippen molar-refractivity contribution >= 4 is 6.29 Å². The van der Waals surface area contributed by atoms with Crippen molar-refractivity contribution in [3.05, 3.63) is 20.9 Å². The first kappa shape index (κ1) is 34.0. The highest BCUT2D eigenvalue weighted by atomic mass is 16.6. The minimum atomic E-state index is -0.403. The maximum absolute atomic E-state index is 10.3. The number of carbonyl (C=O) groups excluding carboxylic acids is 1. The zero-order valence-electron chi connectivity index (χ0n) is 21.2. The highest BCUT2D eigenvalue weighted by molar-refractivity contribution is 5.50. The van der Waals surface area contributed by atoms with Crippen LogP contribution in [0.2, 0.25) is 0 Å². The molecule has 0 aromatic carbocycles. The lowest BCUT2D eigenvalue weighted by Crippen LogP contribution is -2.35. The topological polar surface area (TPSA) is 188 Å². The second-order valence-electron chi connectivity index (χ2n) is 7.57. The lowest BCUT2D eigenvalue weighted by Gasteiger charge is -2.29. The summed E-state index contributed by atoms with van der Waals surface area (Å²) < 4.78 is 43.7. The van der Waals surface area contributed by atoms with Crippen molar-refractivity contribution in [1.29, 1.82) is 0 Å². The standard InChI is InChI=1S/C21H40N6O9/c1-21(18-34-15-12-31-7-4-28,19-35-16-13-32-10-8-29-5-2-24-26-22)20-36-17-14-33-11-9-30-6-3-25-27-23/h4H,2-3,5-20H2,1H3. The molecule has 0 radical (unpaired) electrons. The minimum absolute atomic E-state index is 0.0462. The zero-order chi connectivity index (χ0) is 26.4. The number of hydrogen-bond acceptors (Lipinski definition) is 11. The zero-order valence-corrected chi connectivity index (χ0v) is 21.2. The molecule has 208 valence electrons. The first-order valence-corrected chi connectivity index (χ1v) is 11.8. The van der Waals surface area contributed by atoms with E-state index in [-0.39, 0.29) is 6.61 Å². The maximum atomic E-state index is 10.3. The maximum Gasteiger partial charge on any atom is 0.145 e. The first-order valence-electron chi connectivity index (χ1n) is 11.8. The van der Waals surface area contributed by atoms with Gasteiger partial charge in [0.15, 0.2) is 0 Å². The van der Waals surface area contributed by atoms with Gasteiger partial charge in [0.1, 0.15) is 12.9 Å². The number of aldehydes is 1. The van der Waals surface area contributed by atoms with Crippen LogP contribution in [-0.2, 0) is 42.7 Å². The Bertz CT molecular complexity index is 566. The molecule has 15 nitrogen and oxygen atoms in total. The molecule has 0 unspecified atom stereocenters. The highest BCUT2D eigenvalue weighted by Gasteiger charge is 2.26. The predicted octanol–water partition coefficient (Wildman–Crippen LogP) is 1.95. The number of hydrogen-bond donors (Lipinski definition) is 0. The van der Waals surface area contributed by atoms with Gasteiger partial charge in [0.2, 0.25) is 0 Å². The van der Waals surface area contributed by atoms with Gasteiger partial charge in [0, 0.05) is 28.3 Å². The van der Waals surface area contributed by atoms with E-state index in [2.05, 4.69) is 20.1 Å². The van der Waals surface area contributed by atoms with E-state index in [9.17, 15) is 4.79 Å². The normalized spacial score (nSPS) is 12.5. The third-order valence-electron chi connectivity index (χ3n) is 4.20. The number of azide groups is 2. The molecule has 0 heterocycles. The van der Waals surface area contributed by atoms with Crippen LogP contribution in [0.4, 0.5) is 0 Å². The molecule has 0 fully saturated rings. The Morgan fingerprint density at radius 1 is 0.583 bits per heavy atom. The third kappa shape index (κ3) is 25.1. The SMILES string of the molecule is CC(COCCOCC=O)(COCCOCCOCCN=[N+]=[N-])COCCOCCOCCN=[N+]=[N-]. The van der Waals surface area contributed by atoms with Crippen LogP contribution in [-0.4, -0.2) is 125 Å². The molecule has 15 heteroatoms. The second-order valence-corrected chi connectivity index (χ2v) is 7.57. The van der Waals surface area contributed by atoms with Crippen LogP contribution in [0.5, 0.6) is 0 Å². The quantitative estimate of drug-likeness (QED) is 0.0466. The average Bonchev–Trinajstić information content (AvgIpc) is 2.88. The Hall–Kier alpha value is -2.03. The molecule has 0 rings (SSSR count). The van der Waals surface area contributed by atoms with Crippen molar-refractivity contribution in [3.63, 3.8) is 0 Å². The first-order chi connectivity index (χ1) is 17.7. The van der Waals surface area contributed by atoms with Crippen LogP contribution >= 0.6 is 0 Å². The van der Waals surface area contributed by atoms with E-state index in [1.54, 1.807) is 0 Å². The summed E-state index contributed by atoms with van der Waals surface area (Å²) in [5.74, 6) is 0. The van der Waals surface area contributed by atoms with E-state index in [0.29, 0.717) is 118 Å². The molecule has 0 atom stereocenters. The molecule has 0 saturated heterocycles. The summed E-state index contributed by atoms with van der Waals surface area (Å²) in [7, 11) is 0. The van der Waals surface area contributed by atoms with Gasteiger partial charge in [-0.3, -0.25) is 0 Å². The molecule has 0 spiro atoms. The predicted molar refractivity (Wildman–Crippen MR) is 129 cm³/mol. The van der Waals surface area contributed by atoms with Crippen molar-refractivity contribution in [1.82, 2.24) is 0 Å². The smallest absolute Gasteiger partial charge is 0.145 e. The number of ether oxygens (including phenoxy) is 8. The molecule has 0 aliphatic heterocycles. The van der Waals surface area contributed by atoms with Gasteiger partial charge in [-0.25, -0.2) is 0 Å². The Labute approximate surface area is 211 Å². The molecule has 0 aromatic heterocycles. The molecular formula is C21H40N6O9. The molecule has 0 aromatic rings. The van der Waals surface area contributed by atoms with Gasteiger partial charge in [-0.05, 0) is 11.1 Å². The van der Waals surface area contributed by atoms with Gasteiger partial charge >= 0.3 is 0 Å². The van der Waals surface area contributed by atoms with E-state index in [1.807, 2.05) is 6.92 Å². The van der Waals surface area contributed by atoms with Crippen molar-refractivity contribution in [2.45, 2.75) is 6.92 Å². The monoisotopic (exact) mass is 520 g/mol. The van der Waals surface area contributed by atoms with Crippen LogP contribution in [0.15, 0.2) is 10.2 Å². The summed E-state index contributed by atoms with van der Waals surface area (Å²) in [4.78, 5) is 15.6. The van der Waals surface area contributed by atoms with Crippen molar-refractivity contribution in [2.75, 3.05) is 119 Å². The van der Waals surface area contributed by atoms with Crippen molar-refractivity contribution < 1.29 is 42.7 Å². The molecule has 0 N–H and O–H groups in total. The van der Waals surface area contributed by atoms with E-state index >= 15 is 0 Å². The van der Waals surface area contributed by atoms with Gasteiger partial charge in [-0.2, -0.15) is 0 Å². The summed E-state index contributed by atoms with van der Waals surface area (Å²) >= 11 is 0. The van der Waals surface area contributed by atoms with Gasteiger partial charge in [-0.1, -0.05) is 17.2 Å². The summed E-state index contributed by atoms with van der Waals surface area (Å²) in [5.41, 5.74) is 16.0. The minimum Gasteiger partial charge on any atom is -0.379 e. The molecule has 0 aliphatic carbocycles. The summed E-state index contributed by atoms with van der Waals surface area (Å²) in [6, 6.07) is 0. The van der Waals surface area contributed by atoms with E-state index in [0.717, 1.165) is 0 Å². The number of nitrogens with zero attached hydrogens (tertiary/aromatic N) is 6. The number of rotatable bonds is 29. The number of carbonyl (C=O) groups is 1. The summed E-state index contributed by atoms with van der Waals surface area (Å²) in [5, 5.41) is 6.75. The van der Waals surface area contributed by atoms with Gasteiger partial charge in [-0.15, -0.1) is 0 Å². The molecule has 0 saturated carbocycles. The lowest BCUT2D eigenvalue weighted by molar-refractivity contribution is -0.113. The largest absolute Gasteiger partial charge is 0.379 e. The van der Waals surface area contributed by atoms with Crippen molar-refractivity contribution in [3.8, 4) is 0 Å². The Kier molecular flexibility index (Phi) is 26.0. The summed E-state index contributed by atoms with van der Waals surface area (Å²) in [6.45, 7) is 8.52. The van der Waals surface area contributed by atoms with E-state index in [1.165, 1.54) is 0 Å². The Morgan fingerprint density at radius 3 is 1.28 bits per heavy atom. The third-order valence-corrected chi connectivity index (χ3v) is 4.20. The molecule has 36 heavy (non-hydrogen) atoms. The van der Waals surface area contributed by atoms with Crippen LogP contribution in [0.25, 0.3) is 20.9 Å². The van der Waals surface area contributed by atoms with Gasteiger partial charge in [0.25, 0.3) is 0 Å². The van der Waals surface area contributed by atoms with E-state index in [4.69, 9.17) is 49.0 Å².